The van der Waals surface area contributed by atoms with Gasteiger partial charge in [-0.25, -0.2) is 0 Å². The molecule has 0 radical (unpaired) electrons. The molecule has 28 heavy (non-hydrogen) atoms. The van der Waals surface area contributed by atoms with E-state index >= 15 is 0 Å². The van der Waals surface area contributed by atoms with Crippen molar-refractivity contribution in [2.75, 3.05) is 13.1 Å². The molecule has 6 nitrogen and oxygen atoms in total. The fraction of sp³-hybridized carbons (Fsp3) is 0.381. The number of likely N-dealkylation sites (tertiary alicyclic amines) is 1. The van der Waals surface area contributed by atoms with Gasteiger partial charge in [-0.15, -0.1) is 11.3 Å². The normalized spacial score (nSPS) is 16.8. The van der Waals surface area contributed by atoms with Gasteiger partial charge in [0.05, 0.1) is 17.5 Å². The molecule has 0 bridgehead atoms. The fourth-order valence-corrected chi connectivity index (χ4v) is 4.18. The maximum atomic E-state index is 12.6. The van der Waals surface area contributed by atoms with E-state index in [1.807, 2.05) is 54.8 Å². The summed E-state index contributed by atoms with van der Waals surface area (Å²) in [5.74, 6) is 1.48. The van der Waals surface area contributed by atoms with Crippen LogP contribution in [0.5, 0.6) is 0 Å². The van der Waals surface area contributed by atoms with Crippen molar-refractivity contribution < 1.29 is 9.32 Å². The van der Waals surface area contributed by atoms with Gasteiger partial charge in [-0.2, -0.15) is 4.98 Å². The molecule has 1 amide bonds. The Morgan fingerprint density at radius 3 is 2.75 bits per heavy atom. The van der Waals surface area contributed by atoms with E-state index in [0.717, 1.165) is 36.4 Å². The van der Waals surface area contributed by atoms with Gasteiger partial charge < -0.3 is 9.84 Å². The summed E-state index contributed by atoms with van der Waals surface area (Å²) in [5.41, 5.74) is 1.13. The first kappa shape index (κ1) is 18.8. The molecular formula is C21H24N4O2S. The first-order chi connectivity index (χ1) is 13.7. The Morgan fingerprint density at radius 2 is 2.04 bits per heavy atom. The van der Waals surface area contributed by atoms with Crippen molar-refractivity contribution in [3.8, 4) is 10.7 Å². The highest BCUT2D eigenvalue weighted by atomic mass is 32.1. The largest absolute Gasteiger partial charge is 0.349 e. The number of piperidine rings is 1. The summed E-state index contributed by atoms with van der Waals surface area (Å²) >= 11 is 1.60. The molecule has 0 spiro atoms. The van der Waals surface area contributed by atoms with Gasteiger partial charge in [0.25, 0.3) is 0 Å². The third-order valence-electron chi connectivity index (χ3n) is 5.19. The minimum Gasteiger partial charge on any atom is -0.349 e. The molecule has 1 atom stereocenters. The minimum atomic E-state index is 0.0285. The third kappa shape index (κ3) is 4.48. The lowest BCUT2D eigenvalue weighted by Crippen LogP contribution is -2.40. The molecule has 1 unspecified atom stereocenters. The Bertz CT molecular complexity index is 886. The van der Waals surface area contributed by atoms with Crippen molar-refractivity contribution in [2.24, 2.45) is 5.92 Å². The maximum Gasteiger partial charge on any atom is 0.241 e. The molecule has 1 aromatic carbocycles. The highest BCUT2D eigenvalue weighted by Gasteiger charge is 2.27. The van der Waals surface area contributed by atoms with E-state index in [-0.39, 0.29) is 17.9 Å². The molecule has 1 N–H and O–H groups in total. The van der Waals surface area contributed by atoms with Gasteiger partial charge >= 0.3 is 0 Å². The summed E-state index contributed by atoms with van der Waals surface area (Å²) in [6, 6.07) is 14.1. The van der Waals surface area contributed by atoms with Crippen LogP contribution in [0, 0.1) is 5.92 Å². The van der Waals surface area contributed by atoms with Crippen LogP contribution in [0.25, 0.3) is 10.7 Å². The van der Waals surface area contributed by atoms with Crippen LogP contribution in [0.2, 0.25) is 0 Å². The number of nitrogens with one attached hydrogen (secondary N) is 1. The van der Waals surface area contributed by atoms with Crippen LogP contribution in [-0.4, -0.2) is 34.0 Å². The van der Waals surface area contributed by atoms with E-state index in [0.29, 0.717) is 18.3 Å². The number of benzene rings is 1. The van der Waals surface area contributed by atoms with E-state index in [4.69, 9.17) is 4.52 Å². The zero-order valence-corrected chi connectivity index (χ0v) is 16.7. The van der Waals surface area contributed by atoms with Crippen molar-refractivity contribution in [3.63, 3.8) is 0 Å². The summed E-state index contributed by atoms with van der Waals surface area (Å²) < 4.78 is 5.39. The Morgan fingerprint density at radius 1 is 1.25 bits per heavy atom. The maximum absolute atomic E-state index is 12.6. The smallest absolute Gasteiger partial charge is 0.241 e. The fourth-order valence-electron chi connectivity index (χ4n) is 3.53. The lowest BCUT2D eigenvalue weighted by atomic mass is 9.95. The van der Waals surface area contributed by atoms with Crippen LogP contribution >= 0.6 is 11.3 Å². The number of hydrogen-bond acceptors (Lipinski definition) is 6. The first-order valence-corrected chi connectivity index (χ1v) is 10.5. The molecule has 4 rings (SSSR count). The quantitative estimate of drug-likeness (QED) is 0.684. The van der Waals surface area contributed by atoms with Crippen molar-refractivity contribution in [1.29, 1.82) is 0 Å². The second-order valence-electron chi connectivity index (χ2n) is 7.18. The van der Waals surface area contributed by atoms with E-state index in [1.165, 1.54) is 0 Å². The number of carbonyl (C=O) groups is 1. The second kappa shape index (κ2) is 8.67. The molecule has 3 heterocycles. The average Bonchev–Trinajstić information content (AvgIpc) is 3.41. The molecule has 0 aliphatic carbocycles. The number of rotatable bonds is 6. The second-order valence-corrected chi connectivity index (χ2v) is 8.13. The number of aromatic nitrogens is 2. The van der Waals surface area contributed by atoms with E-state index in [2.05, 4.69) is 20.4 Å². The van der Waals surface area contributed by atoms with Crippen molar-refractivity contribution in [1.82, 2.24) is 20.4 Å². The summed E-state index contributed by atoms with van der Waals surface area (Å²) in [4.78, 5) is 20.4. The molecule has 1 aliphatic heterocycles. The monoisotopic (exact) mass is 396 g/mol. The van der Waals surface area contributed by atoms with E-state index in [1.54, 1.807) is 11.3 Å². The number of hydrogen-bond donors (Lipinski definition) is 1. The van der Waals surface area contributed by atoms with Crippen LogP contribution in [-0.2, 0) is 11.3 Å². The van der Waals surface area contributed by atoms with Crippen LogP contribution in [0.3, 0.4) is 0 Å². The van der Waals surface area contributed by atoms with E-state index in [9.17, 15) is 4.79 Å². The number of thiophene rings is 1. The van der Waals surface area contributed by atoms with Crippen molar-refractivity contribution >= 4 is 17.2 Å². The first-order valence-electron chi connectivity index (χ1n) is 9.63. The standard InChI is InChI=1S/C21H24N4O2S/c1-15(16-6-3-2-4-7-16)22-21(26)17-9-11-25(12-10-17)14-19-23-20(24-27-19)18-8-5-13-28-18/h2-8,13,15,17H,9-12,14H2,1H3,(H,22,26). The summed E-state index contributed by atoms with van der Waals surface area (Å²) in [6.45, 7) is 4.37. The Hall–Kier alpha value is -2.51. The average molecular weight is 397 g/mol. The van der Waals surface area contributed by atoms with Crippen molar-refractivity contribution in [3.05, 3.63) is 59.3 Å². The summed E-state index contributed by atoms with van der Waals surface area (Å²) in [7, 11) is 0. The highest BCUT2D eigenvalue weighted by Crippen LogP contribution is 2.23. The Kier molecular flexibility index (Phi) is 5.83. The highest BCUT2D eigenvalue weighted by molar-refractivity contribution is 7.13. The van der Waals surface area contributed by atoms with Crippen molar-refractivity contribution in [2.45, 2.75) is 32.4 Å². The summed E-state index contributed by atoms with van der Waals surface area (Å²) in [6.07, 6.45) is 1.69. The zero-order valence-electron chi connectivity index (χ0n) is 15.9. The van der Waals surface area contributed by atoms with Gasteiger partial charge in [0.1, 0.15) is 0 Å². The van der Waals surface area contributed by atoms with Crippen LogP contribution < -0.4 is 5.32 Å². The minimum absolute atomic E-state index is 0.0285. The molecule has 2 aromatic heterocycles. The molecule has 0 saturated carbocycles. The Labute approximate surface area is 168 Å². The predicted octanol–water partition coefficient (Wildman–Crippen LogP) is 3.89. The topological polar surface area (TPSA) is 71.3 Å². The molecule has 3 aromatic rings. The van der Waals surface area contributed by atoms with Crippen LogP contribution in [0.15, 0.2) is 52.4 Å². The molecular weight excluding hydrogens is 372 g/mol. The number of nitrogens with zero attached hydrogens (tertiary/aromatic N) is 3. The lowest BCUT2D eigenvalue weighted by molar-refractivity contribution is -0.127. The lowest BCUT2D eigenvalue weighted by Gasteiger charge is -2.30. The van der Waals surface area contributed by atoms with Gasteiger partial charge in [0.15, 0.2) is 0 Å². The predicted molar refractivity (Wildman–Crippen MR) is 109 cm³/mol. The molecule has 1 fully saturated rings. The van der Waals surface area contributed by atoms with Gasteiger partial charge in [0, 0.05) is 5.92 Å². The molecule has 7 heteroatoms. The van der Waals surface area contributed by atoms with Gasteiger partial charge in [-0.05, 0) is 49.9 Å². The van der Waals surface area contributed by atoms with Crippen LogP contribution in [0.4, 0.5) is 0 Å². The van der Waals surface area contributed by atoms with E-state index < -0.39 is 0 Å². The van der Waals surface area contributed by atoms with Crippen LogP contribution in [0.1, 0.15) is 37.3 Å². The molecule has 1 aliphatic rings. The third-order valence-corrected chi connectivity index (χ3v) is 6.05. The number of amides is 1. The summed E-state index contributed by atoms with van der Waals surface area (Å²) in [5, 5.41) is 9.21. The van der Waals surface area contributed by atoms with Gasteiger partial charge in [0.2, 0.25) is 17.6 Å². The molecule has 146 valence electrons. The van der Waals surface area contributed by atoms with Gasteiger partial charge in [-0.1, -0.05) is 41.6 Å². The molecule has 1 saturated heterocycles. The number of carbonyl (C=O) groups excluding carboxylic acids is 1. The SMILES string of the molecule is CC(NC(=O)C1CCN(Cc2nc(-c3cccs3)no2)CC1)c1ccccc1. The van der Waals surface area contributed by atoms with Gasteiger partial charge in [-0.3, -0.25) is 9.69 Å². The Balaban J connectivity index is 1.26. The zero-order chi connectivity index (χ0) is 19.3.